The summed E-state index contributed by atoms with van der Waals surface area (Å²) in [6, 6.07) is 7.89. The highest BCUT2D eigenvalue weighted by atomic mass is 16.2. The lowest BCUT2D eigenvalue weighted by molar-refractivity contribution is -0.140. The van der Waals surface area contributed by atoms with E-state index in [4.69, 9.17) is 0 Å². The predicted molar refractivity (Wildman–Crippen MR) is 90.1 cm³/mol. The number of hydrazone groups is 1. The van der Waals surface area contributed by atoms with E-state index >= 15 is 0 Å². The summed E-state index contributed by atoms with van der Waals surface area (Å²) in [5.74, 6) is -0.294. The summed E-state index contributed by atoms with van der Waals surface area (Å²) in [5.41, 5.74) is 1.89. The molecule has 1 N–H and O–H groups in total. The number of nitrogens with one attached hydrogen (secondary N) is 1. The molecule has 6 rings (SSSR count). The van der Waals surface area contributed by atoms with Gasteiger partial charge in [-0.25, -0.2) is 0 Å². The smallest absolute Gasteiger partial charge is 0.254 e. The fraction of sp³-hybridized carbons (Fsp3) is 0.316. The van der Waals surface area contributed by atoms with Crippen LogP contribution in [0.2, 0.25) is 0 Å². The molecular weight excluding hydrogens is 302 g/mol. The maximum atomic E-state index is 12.7. The van der Waals surface area contributed by atoms with E-state index in [-0.39, 0.29) is 35.5 Å². The van der Waals surface area contributed by atoms with Gasteiger partial charge in [-0.3, -0.25) is 9.59 Å². The molecule has 5 heteroatoms. The quantitative estimate of drug-likeness (QED) is 0.525. The molecule has 120 valence electrons. The van der Waals surface area contributed by atoms with E-state index in [1.807, 2.05) is 30.5 Å². The number of para-hydroxylation sites is 1. The number of hydrogen-bond donors (Lipinski definition) is 1. The van der Waals surface area contributed by atoms with Crippen molar-refractivity contribution < 1.29 is 9.59 Å². The molecule has 4 atom stereocenters. The van der Waals surface area contributed by atoms with E-state index in [2.05, 4.69) is 22.2 Å². The minimum absolute atomic E-state index is 0.139. The molecule has 5 nitrogen and oxygen atoms in total. The Bertz CT molecular complexity index is 878. The summed E-state index contributed by atoms with van der Waals surface area (Å²) in [7, 11) is 0. The van der Waals surface area contributed by atoms with Crippen molar-refractivity contribution in [3.05, 3.63) is 48.2 Å². The molecule has 4 aliphatic rings. The number of carbonyl (C=O) groups excluding carboxylic acids is 2. The number of benzene rings is 1. The van der Waals surface area contributed by atoms with Crippen LogP contribution in [0.3, 0.4) is 0 Å². The van der Waals surface area contributed by atoms with Crippen LogP contribution in [0.1, 0.15) is 18.4 Å². The number of nitrogens with zero attached hydrogens (tertiary/aromatic N) is 2. The van der Waals surface area contributed by atoms with Gasteiger partial charge in [0, 0.05) is 22.7 Å². The molecule has 2 fully saturated rings. The number of carbonyl (C=O) groups is 2. The van der Waals surface area contributed by atoms with E-state index in [9.17, 15) is 9.59 Å². The minimum atomic E-state index is -0.207. The SMILES string of the molecule is O=C1[C@@H]2[C@H](C(=O)N1/N=C/c1c[nH]c3ccccc13)[C@H]1C=C[C@H]2CC1. The lowest BCUT2D eigenvalue weighted by atomic mass is 9.63. The highest BCUT2D eigenvalue weighted by Gasteiger charge is 2.56. The van der Waals surface area contributed by atoms with Gasteiger partial charge in [0.1, 0.15) is 0 Å². The van der Waals surface area contributed by atoms with Crippen LogP contribution >= 0.6 is 0 Å². The lowest BCUT2D eigenvalue weighted by Gasteiger charge is -2.37. The Labute approximate surface area is 139 Å². The summed E-state index contributed by atoms with van der Waals surface area (Å²) < 4.78 is 0. The van der Waals surface area contributed by atoms with Gasteiger partial charge in [-0.2, -0.15) is 10.1 Å². The number of H-pyrrole nitrogens is 1. The van der Waals surface area contributed by atoms with Gasteiger partial charge in [-0.15, -0.1) is 0 Å². The minimum Gasteiger partial charge on any atom is -0.361 e. The fourth-order valence-corrected chi connectivity index (χ4v) is 4.49. The van der Waals surface area contributed by atoms with E-state index in [0.717, 1.165) is 34.3 Å². The standard InChI is InChI=1S/C19H17N3O2/c23-18-16-11-5-6-12(8-7-11)17(16)19(24)22(18)21-10-13-9-20-15-4-2-1-3-14(13)15/h1-6,9-12,16-17,20H,7-8H2/b21-10+/t11-,12-,16-,17+/m0/s1. The second kappa shape index (κ2) is 4.90. The average molecular weight is 319 g/mol. The molecular formula is C19H17N3O2. The Morgan fingerprint density at radius 2 is 1.71 bits per heavy atom. The predicted octanol–water partition coefficient (Wildman–Crippen LogP) is 2.70. The van der Waals surface area contributed by atoms with E-state index in [1.165, 1.54) is 0 Å². The number of aromatic nitrogens is 1. The molecule has 0 radical (unpaired) electrons. The van der Waals surface area contributed by atoms with E-state index in [0.29, 0.717) is 0 Å². The van der Waals surface area contributed by atoms with Crippen molar-refractivity contribution >= 4 is 28.9 Å². The van der Waals surface area contributed by atoms with Gasteiger partial charge in [0.15, 0.2) is 0 Å². The first-order chi connectivity index (χ1) is 11.7. The third-order valence-electron chi connectivity index (χ3n) is 5.67. The van der Waals surface area contributed by atoms with E-state index in [1.54, 1.807) is 6.21 Å². The normalized spacial score (nSPS) is 31.6. The van der Waals surface area contributed by atoms with Crippen LogP contribution < -0.4 is 0 Å². The first kappa shape index (κ1) is 13.7. The van der Waals surface area contributed by atoms with Gasteiger partial charge < -0.3 is 4.98 Å². The first-order valence-corrected chi connectivity index (χ1v) is 8.40. The zero-order chi connectivity index (χ0) is 16.3. The number of allylic oxidation sites excluding steroid dienone is 2. The Kier molecular flexibility index (Phi) is 2.80. The Hall–Kier alpha value is -2.69. The Morgan fingerprint density at radius 3 is 2.38 bits per heavy atom. The van der Waals surface area contributed by atoms with Gasteiger partial charge >= 0.3 is 0 Å². The average Bonchev–Trinajstić information content (AvgIpc) is 3.15. The van der Waals surface area contributed by atoms with Crippen molar-refractivity contribution in [2.75, 3.05) is 0 Å². The van der Waals surface area contributed by atoms with Crippen molar-refractivity contribution in [2.45, 2.75) is 12.8 Å². The molecule has 2 bridgehead atoms. The van der Waals surface area contributed by atoms with Crippen LogP contribution in [0.4, 0.5) is 0 Å². The zero-order valence-corrected chi connectivity index (χ0v) is 13.1. The Balaban J connectivity index is 1.48. The van der Waals surface area contributed by atoms with Crippen molar-refractivity contribution in [1.29, 1.82) is 0 Å². The number of fused-ring (bicyclic) bond motifs is 2. The number of hydrogen-bond acceptors (Lipinski definition) is 3. The second-order valence-electron chi connectivity index (χ2n) is 6.86. The van der Waals surface area contributed by atoms with Crippen LogP contribution in [-0.4, -0.2) is 28.0 Å². The van der Waals surface area contributed by atoms with Gasteiger partial charge in [0.2, 0.25) is 0 Å². The molecule has 2 aromatic rings. The summed E-state index contributed by atoms with van der Waals surface area (Å²) >= 11 is 0. The highest BCUT2D eigenvalue weighted by Crippen LogP contribution is 2.49. The molecule has 3 aliphatic carbocycles. The Morgan fingerprint density at radius 1 is 1.04 bits per heavy atom. The zero-order valence-electron chi connectivity index (χ0n) is 13.1. The summed E-state index contributed by atoms with van der Waals surface area (Å²) in [4.78, 5) is 28.6. The molecule has 0 unspecified atom stereocenters. The molecule has 1 saturated heterocycles. The largest absolute Gasteiger partial charge is 0.361 e. The van der Waals surface area contributed by atoms with Crippen molar-refractivity contribution in [2.24, 2.45) is 28.8 Å². The summed E-state index contributed by atoms with van der Waals surface area (Å²) in [6.45, 7) is 0. The van der Waals surface area contributed by atoms with Crippen LogP contribution in [0, 0.1) is 23.7 Å². The van der Waals surface area contributed by atoms with Crippen LogP contribution in [0.5, 0.6) is 0 Å². The van der Waals surface area contributed by atoms with Crippen LogP contribution in [-0.2, 0) is 9.59 Å². The van der Waals surface area contributed by atoms with Crippen molar-refractivity contribution in [3.63, 3.8) is 0 Å². The molecule has 1 aromatic heterocycles. The van der Waals surface area contributed by atoms with Gasteiger partial charge in [-0.05, 0) is 30.7 Å². The molecule has 1 saturated carbocycles. The van der Waals surface area contributed by atoms with Crippen LogP contribution in [0.25, 0.3) is 10.9 Å². The van der Waals surface area contributed by atoms with Gasteiger partial charge in [0.25, 0.3) is 11.8 Å². The van der Waals surface area contributed by atoms with E-state index < -0.39 is 0 Å². The van der Waals surface area contributed by atoms with Crippen molar-refractivity contribution in [1.82, 2.24) is 9.99 Å². The number of imide groups is 1. The maximum absolute atomic E-state index is 12.7. The van der Waals surface area contributed by atoms with Gasteiger partial charge in [0.05, 0.1) is 18.1 Å². The molecule has 0 spiro atoms. The second-order valence-corrected chi connectivity index (χ2v) is 6.86. The van der Waals surface area contributed by atoms with Crippen LogP contribution in [0.15, 0.2) is 47.7 Å². The van der Waals surface area contributed by atoms with Gasteiger partial charge in [-0.1, -0.05) is 30.4 Å². The highest BCUT2D eigenvalue weighted by molar-refractivity contribution is 6.07. The maximum Gasteiger partial charge on any atom is 0.254 e. The molecule has 1 aliphatic heterocycles. The first-order valence-electron chi connectivity index (χ1n) is 8.40. The third kappa shape index (κ3) is 1.78. The molecule has 2 heterocycles. The summed E-state index contributed by atoms with van der Waals surface area (Å²) in [5, 5.41) is 6.39. The summed E-state index contributed by atoms with van der Waals surface area (Å²) in [6.07, 6.45) is 9.70. The number of aromatic amines is 1. The monoisotopic (exact) mass is 319 g/mol. The number of amides is 2. The molecule has 24 heavy (non-hydrogen) atoms. The lowest BCUT2D eigenvalue weighted by Crippen LogP contribution is -2.38. The fourth-order valence-electron chi connectivity index (χ4n) is 4.49. The topological polar surface area (TPSA) is 65.5 Å². The van der Waals surface area contributed by atoms with Crippen molar-refractivity contribution in [3.8, 4) is 0 Å². The third-order valence-corrected chi connectivity index (χ3v) is 5.67. The molecule has 1 aromatic carbocycles. The molecule has 2 amide bonds. The number of rotatable bonds is 2.